The van der Waals surface area contributed by atoms with Crippen LogP contribution in [-0.4, -0.2) is 35.5 Å². The molecule has 1 saturated carbocycles. The van der Waals surface area contributed by atoms with Gasteiger partial charge >= 0.3 is 0 Å². The molecule has 0 aromatic carbocycles. The Morgan fingerprint density at radius 3 is 2.67 bits per heavy atom. The average molecular weight is 311 g/mol. The van der Waals surface area contributed by atoms with Crippen molar-refractivity contribution < 1.29 is 9.53 Å². The average Bonchev–Trinajstić information content (AvgIpc) is 2.72. The predicted octanol–water partition coefficient (Wildman–Crippen LogP) is 3.16. The van der Waals surface area contributed by atoms with Crippen molar-refractivity contribution in [2.75, 3.05) is 18.1 Å². The number of hydrogen-bond donors (Lipinski definition) is 1. The molecular weight excluding hydrogens is 282 g/mol. The summed E-state index contributed by atoms with van der Waals surface area (Å²) in [5, 5.41) is 0. The Kier molecular flexibility index (Phi) is 5.28. The first-order valence-corrected chi connectivity index (χ1v) is 9.87. The van der Waals surface area contributed by atoms with Crippen LogP contribution >= 0.6 is 11.8 Å². The minimum absolute atomic E-state index is 0.0126. The molecule has 3 atom stereocenters. The predicted molar refractivity (Wildman–Crippen MR) is 87.5 cm³/mol. The number of thioether (sulfide) groups is 1. The summed E-state index contributed by atoms with van der Waals surface area (Å²) in [5.41, 5.74) is 6.31. The number of carbonyl (C=O) groups excluding carboxylic acids is 1. The lowest BCUT2D eigenvalue weighted by Gasteiger charge is -2.43. The molecule has 21 heavy (non-hydrogen) atoms. The quantitative estimate of drug-likeness (QED) is 0.796. The fourth-order valence-electron chi connectivity index (χ4n) is 4.35. The summed E-state index contributed by atoms with van der Waals surface area (Å²) < 4.78 is 6.13. The number of Topliss-reactive ketones (excluding diaryl/α,β-unsaturated/α-hetero) is 1. The maximum absolute atomic E-state index is 13.0. The van der Waals surface area contributed by atoms with Gasteiger partial charge in [0.15, 0.2) is 0 Å². The first-order chi connectivity index (χ1) is 10.2. The topological polar surface area (TPSA) is 52.3 Å². The molecule has 4 heteroatoms. The summed E-state index contributed by atoms with van der Waals surface area (Å²) in [7, 11) is 0. The zero-order valence-corrected chi connectivity index (χ0v) is 13.8. The third-order valence-corrected chi connectivity index (χ3v) is 6.72. The van der Waals surface area contributed by atoms with E-state index in [2.05, 4.69) is 0 Å². The Bertz CT molecular complexity index is 362. The maximum Gasteiger partial charge on any atom is 0.140 e. The molecule has 0 amide bonds. The van der Waals surface area contributed by atoms with Gasteiger partial charge < -0.3 is 10.5 Å². The fourth-order valence-corrected chi connectivity index (χ4v) is 5.59. The highest BCUT2D eigenvalue weighted by molar-refractivity contribution is 7.99. The van der Waals surface area contributed by atoms with Gasteiger partial charge in [0, 0.05) is 24.5 Å². The molecule has 2 N–H and O–H groups in total. The van der Waals surface area contributed by atoms with Gasteiger partial charge in [0.05, 0.1) is 5.60 Å². The molecule has 2 heterocycles. The van der Waals surface area contributed by atoms with Crippen LogP contribution in [0.1, 0.15) is 57.8 Å². The van der Waals surface area contributed by atoms with Crippen LogP contribution in [0.15, 0.2) is 0 Å². The molecule has 3 nitrogen and oxygen atoms in total. The van der Waals surface area contributed by atoms with Gasteiger partial charge in [0.25, 0.3) is 0 Å². The number of ketones is 1. The van der Waals surface area contributed by atoms with Crippen molar-refractivity contribution in [2.24, 2.45) is 17.6 Å². The summed E-state index contributed by atoms with van der Waals surface area (Å²) >= 11 is 2.02. The van der Waals surface area contributed by atoms with Crippen LogP contribution in [0.4, 0.5) is 0 Å². The molecule has 120 valence electrons. The summed E-state index contributed by atoms with van der Waals surface area (Å²) in [5.74, 6) is 3.15. The highest BCUT2D eigenvalue weighted by Crippen LogP contribution is 2.41. The number of carbonyl (C=O) groups is 1. The number of nitrogens with two attached hydrogens (primary N) is 1. The highest BCUT2D eigenvalue weighted by atomic mass is 32.2. The lowest BCUT2D eigenvalue weighted by molar-refractivity contribution is -0.142. The van der Waals surface area contributed by atoms with E-state index in [1.807, 2.05) is 11.8 Å². The molecule has 0 aromatic rings. The summed E-state index contributed by atoms with van der Waals surface area (Å²) in [6, 6.07) is 0.0979. The van der Waals surface area contributed by atoms with Gasteiger partial charge in [-0.2, -0.15) is 11.8 Å². The van der Waals surface area contributed by atoms with E-state index in [0.29, 0.717) is 5.78 Å². The van der Waals surface area contributed by atoms with Crippen molar-refractivity contribution in [2.45, 2.75) is 69.4 Å². The van der Waals surface area contributed by atoms with Gasteiger partial charge in [0.1, 0.15) is 5.78 Å². The van der Waals surface area contributed by atoms with E-state index >= 15 is 0 Å². The van der Waals surface area contributed by atoms with Crippen molar-refractivity contribution in [3.05, 3.63) is 0 Å². The van der Waals surface area contributed by atoms with Crippen molar-refractivity contribution in [1.29, 1.82) is 0 Å². The Labute approximate surface area is 132 Å². The molecule has 0 radical (unpaired) electrons. The van der Waals surface area contributed by atoms with Crippen LogP contribution in [0.25, 0.3) is 0 Å². The van der Waals surface area contributed by atoms with Gasteiger partial charge in [-0.1, -0.05) is 19.3 Å². The second-order valence-corrected chi connectivity index (χ2v) is 8.37. The fraction of sp³-hybridized carbons (Fsp3) is 0.941. The Morgan fingerprint density at radius 2 is 1.86 bits per heavy atom. The minimum Gasteiger partial charge on any atom is -0.375 e. The van der Waals surface area contributed by atoms with E-state index in [4.69, 9.17) is 10.5 Å². The lowest BCUT2D eigenvalue weighted by atomic mass is 9.75. The molecule has 3 rings (SSSR count). The van der Waals surface area contributed by atoms with Crippen LogP contribution in [0.2, 0.25) is 0 Å². The number of hydrogen-bond acceptors (Lipinski definition) is 4. The van der Waals surface area contributed by atoms with Gasteiger partial charge in [-0.3, -0.25) is 4.79 Å². The molecule has 0 bridgehead atoms. The summed E-state index contributed by atoms with van der Waals surface area (Å²) in [6.45, 7) is 0.767. The monoisotopic (exact) mass is 311 g/mol. The molecule has 3 aliphatic rings. The largest absolute Gasteiger partial charge is 0.375 e. The van der Waals surface area contributed by atoms with Gasteiger partial charge in [-0.25, -0.2) is 0 Å². The van der Waals surface area contributed by atoms with Crippen molar-refractivity contribution in [3.63, 3.8) is 0 Å². The zero-order valence-electron chi connectivity index (χ0n) is 13.0. The molecule has 0 aromatic heterocycles. The maximum atomic E-state index is 13.0. The molecule has 2 aliphatic heterocycles. The Hall–Kier alpha value is -0.0600. The first-order valence-electron chi connectivity index (χ1n) is 8.71. The van der Waals surface area contributed by atoms with E-state index in [0.717, 1.165) is 45.1 Å². The highest BCUT2D eigenvalue weighted by Gasteiger charge is 2.43. The van der Waals surface area contributed by atoms with Gasteiger partial charge in [-0.05, 0) is 50.0 Å². The van der Waals surface area contributed by atoms with Crippen LogP contribution < -0.4 is 5.73 Å². The molecular formula is C17H29NO2S. The zero-order chi connectivity index (χ0) is 14.7. The molecule has 1 spiro atoms. The van der Waals surface area contributed by atoms with Crippen molar-refractivity contribution in [3.8, 4) is 0 Å². The van der Waals surface area contributed by atoms with E-state index in [1.54, 1.807) is 0 Å². The number of rotatable bonds is 2. The van der Waals surface area contributed by atoms with Gasteiger partial charge in [0.2, 0.25) is 0 Å². The second kappa shape index (κ2) is 7.01. The summed E-state index contributed by atoms with van der Waals surface area (Å²) in [6.07, 6.45) is 9.77. The van der Waals surface area contributed by atoms with Crippen LogP contribution in [0.3, 0.4) is 0 Å². The lowest BCUT2D eigenvalue weighted by Crippen LogP contribution is -2.47. The van der Waals surface area contributed by atoms with Crippen molar-refractivity contribution >= 4 is 17.5 Å². The van der Waals surface area contributed by atoms with Crippen LogP contribution in [0.5, 0.6) is 0 Å². The standard InChI is InChI=1S/C17H29NO2S/c18-15-5-3-1-2-4-14(15)16(19)13-6-9-20-17(12-13)7-10-21-11-8-17/h13-15H,1-12,18H2. The van der Waals surface area contributed by atoms with Gasteiger partial charge in [-0.15, -0.1) is 0 Å². The molecule has 2 saturated heterocycles. The minimum atomic E-state index is 0.0126. The summed E-state index contributed by atoms with van der Waals surface area (Å²) in [4.78, 5) is 13.0. The van der Waals surface area contributed by atoms with E-state index in [-0.39, 0.29) is 23.5 Å². The Balaban J connectivity index is 1.65. The SMILES string of the molecule is NC1CCCCCC1C(=O)C1CCOC2(CCSCC2)C1. The molecule has 3 fully saturated rings. The Morgan fingerprint density at radius 1 is 1.10 bits per heavy atom. The first kappa shape index (κ1) is 15.8. The van der Waals surface area contributed by atoms with E-state index < -0.39 is 0 Å². The molecule has 1 aliphatic carbocycles. The third-order valence-electron chi connectivity index (χ3n) is 5.73. The van der Waals surface area contributed by atoms with E-state index in [1.165, 1.54) is 30.8 Å². The normalized spacial score (nSPS) is 37.1. The van der Waals surface area contributed by atoms with Crippen molar-refractivity contribution in [1.82, 2.24) is 0 Å². The van der Waals surface area contributed by atoms with Crippen LogP contribution in [-0.2, 0) is 9.53 Å². The molecule has 3 unspecified atom stereocenters. The van der Waals surface area contributed by atoms with Crippen LogP contribution in [0, 0.1) is 11.8 Å². The number of ether oxygens (including phenoxy) is 1. The van der Waals surface area contributed by atoms with E-state index in [9.17, 15) is 4.79 Å². The smallest absolute Gasteiger partial charge is 0.140 e. The third kappa shape index (κ3) is 3.65. The second-order valence-electron chi connectivity index (χ2n) is 7.14.